The Morgan fingerprint density at radius 1 is 0.711 bits per heavy atom. The van der Waals surface area contributed by atoms with Crippen LogP contribution in [0.5, 0.6) is 0 Å². The number of hydrogen-bond donors (Lipinski definition) is 0. The van der Waals surface area contributed by atoms with Gasteiger partial charge in [-0.05, 0) is 56.6 Å². The fourth-order valence-electron chi connectivity index (χ4n) is 6.63. The van der Waals surface area contributed by atoms with Gasteiger partial charge in [0.1, 0.15) is 17.5 Å². The molecule has 0 N–H and O–H groups in total. The topological polar surface area (TPSA) is 40.6 Å². The molecule has 10 heteroatoms. The van der Waals surface area contributed by atoms with Crippen LogP contribution >= 0.6 is 0 Å². The minimum absolute atomic E-state index is 0.0538. The van der Waals surface area contributed by atoms with E-state index in [1.54, 1.807) is 9.80 Å². The number of piperidine rings is 2. The normalized spacial score (nSPS) is 26.7. The van der Waals surface area contributed by atoms with Crippen LogP contribution in [-0.2, 0) is 9.59 Å². The fourth-order valence-corrected chi connectivity index (χ4v) is 6.63. The Morgan fingerprint density at radius 2 is 1.39 bits per heavy atom. The highest BCUT2D eigenvalue weighted by molar-refractivity contribution is 5.78. The van der Waals surface area contributed by atoms with Crippen molar-refractivity contribution in [3.8, 4) is 0 Å². The Labute approximate surface area is 216 Å². The predicted octanol–water partition coefficient (Wildman–Crippen LogP) is 6.29. The maximum Gasteiger partial charge on any atom is 0.223 e. The third kappa shape index (κ3) is 4.78. The van der Waals surface area contributed by atoms with Gasteiger partial charge in [-0.3, -0.25) is 9.59 Å². The number of halogens is 6. The summed E-state index contributed by atoms with van der Waals surface area (Å²) in [6.07, 6.45) is 6.16. The first-order valence-electron chi connectivity index (χ1n) is 13.1. The minimum Gasteiger partial charge on any atom is -0.339 e. The number of carbonyl (C=O) groups is 2. The summed E-state index contributed by atoms with van der Waals surface area (Å²) < 4.78 is 80.7. The predicted molar refractivity (Wildman–Crippen MR) is 126 cm³/mol. The molecule has 6 rings (SSSR count). The van der Waals surface area contributed by atoms with E-state index in [1.165, 1.54) is 6.07 Å². The second-order valence-corrected chi connectivity index (χ2v) is 10.4. The van der Waals surface area contributed by atoms with Crippen molar-refractivity contribution in [3.05, 3.63) is 70.3 Å². The molecule has 4 atom stereocenters. The van der Waals surface area contributed by atoms with Gasteiger partial charge in [-0.25, -0.2) is 26.3 Å². The summed E-state index contributed by atoms with van der Waals surface area (Å²) in [7, 11) is 0. The number of carbonyl (C=O) groups excluding carboxylic acids is 2. The zero-order valence-corrected chi connectivity index (χ0v) is 20.7. The average molecular weight is 539 g/mol. The Kier molecular flexibility index (Phi) is 7.42. The van der Waals surface area contributed by atoms with E-state index >= 15 is 0 Å². The first kappa shape index (κ1) is 26.6. The molecule has 0 aromatic heterocycles. The van der Waals surface area contributed by atoms with Crippen LogP contribution in [0, 0.1) is 34.9 Å². The van der Waals surface area contributed by atoms with E-state index in [4.69, 9.17) is 0 Å². The number of rotatable bonds is 2. The smallest absolute Gasteiger partial charge is 0.223 e. The number of hydrogen-bond acceptors (Lipinski definition) is 2. The molecule has 4 aliphatic heterocycles. The molecule has 4 nitrogen and oxygen atoms in total. The van der Waals surface area contributed by atoms with Crippen LogP contribution in [0.4, 0.5) is 26.3 Å². The van der Waals surface area contributed by atoms with Crippen molar-refractivity contribution in [1.29, 1.82) is 0 Å². The monoisotopic (exact) mass is 538 g/mol. The summed E-state index contributed by atoms with van der Waals surface area (Å²) in [5.74, 6) is -6.62. The maximum absolute atomic E-state index is 13.9. The van der Waals surface area contributed by atoms with Crippen LogP contribution in [0.25, 0.3) is 0 Å². The van der Waals surface area contributed by atoms with Crippen molar-refractivity contribution in [2.75, 3.05) is 6.54 Å². The largest absolute Gasteiger partial charge is 0.339 e. The SMILES string of the molecule is O=C1CCCC2C(c3ccc(F)c(F)c3F)CCN12.O=C1CCC[C@@H]2CC[C@@H](c3c(F)cc(F)cc3F)N12. The van der Waals surface area contributed by atoms with Gasteiger partial charge in [-0.1, -0.05) is 6.07 Å². The van der Waals surface area contributed by atoms with Gasteiger partial charge in [-0.15, -0.1) is 0 Å². The van der Waals surface area contributed by atoms with E-state index in [1.807, 2.05) is 0 Å². The number of benzene rings is 2. The van der Waals surface area contributed by atoms with E-state index in [0.717, 1.165) is 38.2 Å². The van der Waals surface area contributed by atoms with Crippen molar-refractivity contribution in [3.63, 3.8) is 0 Å². The third-order valence-corrected chi connectivity index (χ3v) is 8.32. The van der Waals surface area contributed by atoms with Crippen molar-refractivity contribution in [2.24, 2.45) is 0 Å². The highest BCUT2D eigenvalue weighted by atomic mass is 19.2. The molecule has 0 aliphatic carbocycles. The van der Waals surface area contributed by atoms with Crippen LogP contribution in [0.3, 0.4) is 0 Å². The van der Waals surface area contributed by atoms with E-state index in [0.29, 0.717) is 44.4 Å². The fraction of sp³-hybridized carbons (Fsp3) is 0.500. The highest BCUT2D eigenvalue weighted by Crippen LogP contribution is 2.43. The van der Waals surface area contributed by atoms with Gasteiger partial charge in [0.2, 0.25) is 11.8 Å². The summed E-state index contributed by atoms with van der Waals surface area (Å²) >= 11 is 0. The van der Waals surface area contributed by atoms with Gasteiger partial charge >= 0.3 is 0 Å². The van der Waals surface area contributed by atoms with Gasteiger partial charge in [-0.2, -0.15) is 0 Å². The number of nitrogens with zero attached hydrogens (tertiary/aromatic N) is 2. The first-order chi connectivity index (χ1) is 18.2. The zero-order valence-electron chi connectivity index (χ0n) is 20.7. The Hall–Kier alpha value is -3.04. The summed E-state index contributed by atoms with van der Waals surface area (Å²) in [5.41, 5.74) is 0.0280. The van der Waals surface area contributed by atoms with Gasteiger partial charge in [0, 0.05) is 55.1 Å². The quantitative estimate of drug-likeness (QED) is 0.333. The lowest BCUT2D eigenvalue weighted by Gasteiger charge is -2.34. The van der Waals surface area contributed by atoms with Gasteiger partial charge < -0.3 is 9.80 Å². The van der Waals surface area contributed by atoms with Crippen molar-refractivity contribution in [2.45, 2.75) is 81.8 Å². The lowest BCUT2D eigenvalue weighted by Crippen LogP contribution is -2.40. The molecule has 0 bridgehead atoms. The van der Waals surface area contributed by atoms with Crippen LogP contribution in [0.15, 0.2) is 24.3 Å². The molecule has 204 valence electrons. The molecule has 2 amide bonds. The summed E-state index contributed by atoms with van der Waals surface area (Å²) in [6.45, 7) is 0.576. The Morgan fingerprint density at radius 3 is 2.13 bits per heavy atom. The second-order valence-electron chi connectivity index (χ2n) is 10.4. The van der Waals surface area contributed by atoms with Crippen LogP contribution in [0.2, 0.25) is 0 Å². The van der Waals surface area contributed by atoms with Crippen LogP contribution in [0.1, 0.15) is 80.9 Å². The van der Waals surface area contributed by atoms with Gasteiger partial charge in [0.15, 0.2) is 17.5 Å². The zero-order chi connectivity index (χ0) is 27.1. The lowest BCUT2D eigenvalue weighted by molar-refractivity contribution is -0.137. The molecular formula is C28H28F6N2O2. The van der Waals surface area contributed by atoms with Crippen molar-refractivity contribution >= 4 is 11.8 Å². The molecule has 2 unspecified atom stereocenters. The van der Waals surface area contributed by atoms with Crippen LogP contribution < -0.4 is 0 Å². The first-order valence-corrected chi connectivity index (χ1v) is 13.1. The van der Waals surface area contributed by atoms with E-state index in [9.17, 15) is 35.9 Å². The number of fused-ring (bicyclic) bond motifs is 2. The lowest BCUT2D eigenvalue weighted by atomic mass is 9.87. The van der Waals surface area contributed by atoms with Crippen LogP contribution in [-0.4, -0.2) is 40.2 Å². The second kappa shape index (κ2) is 10.6. The Balaban J connectivity index is 0.000000155. The molecule has 38 heavy (non-hydrogen) atoms. The average Bonchev–Trinajstić information content (AvgIpc) is 3.49. The van der Waals surface area contributed by atoms with Crippen molar-refractivity contribution < 1.29 is 35.9 Å². The van der Waals surface area contributed by atoms with E-state index < -0.39 is 40.9 Å². The molecule has 4 fully saturated rings. The Bertz CT molecular complexity index is 1230. The summed E-state index contributed by atoms with van der Waals surface area (Å²) in [6, 6.07) is 3.05. The molecule has 2 aromatic rings. The van der Waals surface area contributed by atoms with Crippen molar-refractivity contribution in [1.82, 2.24) is 9.80 Å². The molecule has 0 saturated carbocycles. The van der Waals surface area contributed by atoms with E-state index in [-0.39, 0.29) is 40.9 Å². The number of amides is 2. The van der Waals surface area contributed by atoms with E-state index in [2.05, 4.69) is 0 Å². The highest BCUT2D eigenvalue weighted by Gasteiger charge is 2.42. The maximum atomic E-state index is 13.9. The van der Waals surface area contributed by atoms with Gasteiger partial charge in [0.25, 0.3) is 0 Å². The molecule has 4 heterocycles. The molecule has 4 saturated heterocycles. The standard InChI is InChI=1S/2C14H14F3NO/c15-8-6-10(16)14(11(17)7-8)12-5-4-9-2-1-3-13(19)18(9)12;15-10-5-4-9(13(16)14(10)17)8-6-7-18-11(8)2-1-3-12(18)19/h6-7,9,12H,1-5H2;4-5,8,11H,1-3,6-7H2/t9-,12+;/m1./s1. The molecule has 4 aliphatic rings. The molecule has 2 aromatic carbocycles. The molecule has 0 spiro atoms. The van der Waals surface area contributed by atoms with Gasteiger partial charge in [0.05, 0.1) is 6.04 Å². The molecular weight excluding hydrogens is 510 g/mol. The minimum atomic E-state index is -1.42. The molecule has 0 radical (unpaired) electrons. The summed E-state index contributed by atoms with van der Waals surface area (Å²) in [4.78, 5) is 27.1. The summed E-state index contributed by atoms with van der Waals surface area (Å²) in [5, 5.41) is 0. The third-order valence-electron chi connectivity index (χ3n) is 8.32.